The number of nitriles is 1. The van der Waals surface area contributed by atoms with Crippen molar-refractivity contribution in [2.75, 3.05) is 12.4 Å². The minimum atomic E-state index is 0.413. The molecule has 0 aliphatic carbocycles. The molecule has 22 heavy (non-hydrogen) atoms. The number of thiocarbonyl (C=S) groups is 1. The van der Waals surface area contributed by atoms with Crippen molar-refractivity contribution in [3.8, 4) is 11.8 Å². The van der Waals surface area contributed by atoms with E-state index in [0.717, 1.165) is 22.6 Å². The second-order valence-electron chi connectivity index (χ2n) is 4.65. The lowest BCUT2D eigenvalue weighted by atomic mass is 10.1. The van der Waals surface area contributed by atoms with Crippen LogP contribution in [0.3, 0.4) is 0 Å². The number of nitrogens with zero attached hydrogens (tertiary/aromatic N) is 1. The van der Waals surface area contributed by atoms with E-state index < -0.39 is 0 Å². The normalized spacial score (nSPS) is 9.64. The molecule has 0 aliphatic heterocycles. The Hall–Kier alpha value is -2.58. The van der Waals surface area contributed by atoms with Crippen LogP contribution in [-0.4, -0.2) is 12.2 Å². The number of ether oxygens (including phenoxy) is 1. The molecule has 2 aromatic rings. The first kappa shape index (κ1) is 15.8. The van der Waals surface area contributed by atoms with Gasteiger partial charge in [0.1, 0.15) is 5.75 Å². The van der Waals surface area contributed by atoms with Crippen LogP contribution in [0.4, 0.5) is 5.69 Å². The highest BCUT2D eigenvalue weighted by Crippen LogP contribution is 2.16. The van der Waals surface area contributed by atoms with Crippen LogP contribution >= 0.6 is 12.2 Å². The van der Waals surface area contributed by atoms with Crippen molar-refractivity contribution in [2.24, 2.45) is 0 Å². The Kier molecular flexibility index (Phi) is 5.75. The summed E-state index contributed by atoms with van der Waals surface area (Å²) in [5.41, 5.74) is 2.92. The minimum absolute atomic E-state index is 0.413. The number of methoxy groups -OCH3 is 1. The van der Waals surface area contributed by atoms with Gasteiger partial charge in [-0.2, -0.15) is 5.26 Å². The molecule has 0 bridgehead atoms. The topological polar surface area (TPSA) is 57.1 Å². The molecule has 0 saturated carbocycles. The Morgan fingerprint density at radius 3 is 2.59 bits per heavy atom. The summed E-state index contributed by atoms with van der Waals surface area (Å²) in [5.74, 6) is 0.832. The lowest BCUT2D eigenvalue weighted by Crippen LogP contribution is -2.28. The Morgan fingerprint density at radius 1 is 1.18 bits per heavy atom. The molecule has 0 amide bonds. The lowest BCUT2D eigenvalue weighted by Gasteiger charge is -2.12. The van der Waals surface area contributed by atoms with Gasteiger partial charge in [-0.3, -0.25) is 0 Å². The molecular weight excluding hydrogens is 294 g/mol. The fourth-order valence-electron chi connectivity index (χ4n) is 2.00. The van der Waals surface area contributed by atoms with E-state index in [1.54, 1.807) is 7.11 Å². The summed E-state index contributed by atoms with van der Waals surface area (Å²) < 4.78 is 5.30. The average molecular weight is 311 g/mol. The van der Waals surface area contributed by atoms with Gasteiger partial charge in [-0.15, -0.1) is 0 Å². The van der Waals surface area contributed by atoms with Crippen LogP contribution in [0.5, 0.6) is 5.75 Å². The number of anilines is 1. The van der Waals surface area contributed by atoms with Crippen molar-refractivity contribution >= 4 is 23.0 Å². The number of benzene rings is 2. The smallest absolute Gasteiger partial charge is 0.171 e. The Morgan fingerprint density at radius 2 is 1.91 bits per heavy atom. The summed E-state index contributed by atoms with van der Waals surface area (Å²) in [6.45, 7) is 0.586. The first-order chi connectivity index (χ1) is 10.7. The van der Waals surface area contributed by atoms with Gasteiger partial charge >= 0.3 is 0 Å². The van der Waals surface area contributed by atoms with Crippen LogP contribution in [-0.2, 0) is 13.0 Å². The van der Waals surface area contributed by atoms with Gasteiger partial charge in [-0.05, 0) is 36.0 Å². The van der Waals surface area contributed by atoms with Crippen LogP contribution in [0.25, 0.3) is 0 Å². The summed E-state index contributed by atoms with van der Waals surface area (Å²) in [5, 5.41) is 15.5. The molecule has 2 aromatic carbocycles. The van der Waals surface area contributed by atoms with E-state index in [4.69, 9.17) is 22.2 Å². The van der Waals surface area contributed by atoms with Gasteiger partial charge in [0, 0.05) is 17.8 Å². The molecule has 0 radical (unpaired) electrons. The summed E-state index contributed by atoms with van der Waals surface area (Å²) in [6.07, 6.45) is 0.413. The molecule has 2 N–H and O–H groups in total. The molecular formula is C17H17N3OS. The molecule has 0 spiro atoms. The SMILES string of the molecule is COc1ccccc1CNC(=S)Nc1ccc(CC#N)cc1. The zero-order valence-electron chi connectivity index (χ0n) is 12.3. The van der Waals surface area contributed by atoms with Gasteiger partial charge in [0.15, 0.2) is 5.11 Å². The van der Waals surface area contributed by atoms with E-state index >= 15 is 0 Å². The largest absolute Gasteiger partial charge is 0.496 e. The standard InChI is InChI=1S/C17H17N3OS/c1-21-16-5-3-2-4-14(16)12-19-17(22)20-15-8-6-13(7-9-15)10-11-18/h2-9H,10,12H2,1H3,(H2,19,20,22). The van der Waals surface area contributed by atoms with Gasteiger partial charge in [-0.25, -0.2) is 0 Å². The van der Waals surface area contributed by atoms with Crippen molar-refractivity contribution in [1.82, 2.24) is 5.32 Å². The highest BCUT2D eigenvalue weighted by Gasteiger charge is 2.03. The molecule has 0 aromatic heterocycles. The highest BCUT2D eigenvalue weighted by molar-refractivity contribution is 7.80. The first-order valence-electron chi connectivity index (χ1n) is 6.85. The monoisotopic (exact) mass is 311 g/mol. The van der Waals surface area contributed by atoms with Crippen LogP contribution < -0.4 is 15.4 Å². The summed E-state index contributed by atoms with van der Waals surface area (Å²) in [4.78, 5) is 0. The maximum absolute atomic E-state index is 8.65. The molecule has 4 nitrogen and oxygen atoms in total. The number of hydrogen-bond donors (Lipinski definition) is 2. The summed E-state index contributed by atoms with van der Waals surface area (Å²) in [6, 6.07) is 17.6. The van der Waals surface area contributed by atoms with Crippen LogP contribution in [0.2, 0.25) is 0 Å². The van der Waals surface area contributed by atoms with Crippen LogP contribution in [0, 0.1) is 11.3 Å². The fourth-order valence-corrected chi connectivity index (χ4v) is 2.19. The van der Waals surface area contributed by atoms with Gasteiger partial charge in [-0.1, -0.05) is 30.3 Å². The number of nitrogens with one attached hydrogen (secondary N) is 2. The molecule has 5 heteroatoms. The van der Waals surface area contributed by atoms with Gasteiger partial charge in [0.2, 0.25) is 0 Å². The molecule has 112 valence electrons. The minimum Gasteiger partial charge on any atom is -0.496 e. The van der Waals surface area contributed by atoms with E-state index in [0.29, 0.717) is 18.1 Å². The zero-order valence-corrected chi connectivity index (χ0v) is 13.1. The molecule has 0 saturated heterocycles. The first-order valence-corrected chi connectivity index (χ1v) is 7.26. The van der Waals surface area contributed by atoms with Crippen LogP contribution in [0.15, 0.2) is 48.5 Å². The third-order valence-corrected chi connectivity index (χ3v) is 3.37. The molecule has 0 heterocycles. The molecule has 0 unspecified atom stereocenters. The van der Waals surface area contributed by atoms with Crippen molar-refractivity contribution in [1.29, 1.82) is 5.26 Å². The maximum Gasteiger partial charge on any atom is 0.171 e. The lowest BCUT2D eigenvalue weighted by molar-refractivity contribution is 0.409. The third-order valence-electron chi connectivity index (χ3n) is 3.13. The van der Waals surface area contributed by atoms with Crippen molar-refractivity contribution < 1.29 is 4.74 Å². The van der Waals surface area contributed by atoms with E-state index in [1.807, 2.05) is 48.5 Å². The predicted molar refractivity (Wildman–Crippen MR) is 91.8 cm³/mol. The number of hydrogen-bond acceptors (Lipinski definition) is 3. The second kappa shape index (κ2) is 8.01. The molecule has 2 rings (SSSR count). The van der Waals surface area contributed by atoms with E-state index in [9.17, 15) is 0 Å². The maximum atomic E-state index is 8.65. The average Bonchev–Trinajstić information content (AvgIpc) is 2.55. The van der Waals surface area contributed by atoms with E-state index in [1.165, 1.54) is 0 Å². The van der Waals surface area contributed by atoms with Gasteiger partial charge in [0.25, 0.3) is 0 Å². The number of rotatable bonds is 5. The van der Waals surface area contributed by atoms with Crippen LogP contribution in [0.1, 0.15) is 11.1 Å². The predicted octanol–water partition coefficient (Wildman–Crippen LogP) is 3.25. The molecule has 0 aliphatic rings. The Balaban J connectivity index is 1.89. The summed E-state index contributed by atoms with van der Waals surface area (Å²) >= 11 is 5.28. The van der Waals surface area contributed by atoms with Crippen molar-refractivity contribution in [3.63, 3.8) is 0 Å². The fraction of sp³-hybridized carbons (Fsp3) is 0.176. The Bertz CT molecular complexity index is 677. The molecule has 0 atom stereocenters. The van der Waals surface area contributed by atoms with Gasteiger partial charge < -0.3 is 15.4 Å². The quantitative estimate of drug-likeness (QED) is 0.830. The van der Waals surface area contributed by atoms with Gasteiger partial charge in [0.05, 0.1) is 19.6 Å². The third kappa shape index (κ3) is 4.47. The summed E-state index contributed by atoms with van der Waals surface area (Å²) in [7, 11) is 1.65. The number of para-hydroxylation sites is 1. The van der Waals surface area contributed by atoms with Crippen molar-refractivity contribution in [3.05, 3.63) is 59.7 Å². The highest BCUT2D eigenvalue weighted by atomic mass is 32.1. The van der Waals surface area contributed by atoms with Crippen molar-refractivity contribution in [2.45, 2.75) is 13.0 Å². The Labute approximate surface area is 135 Å². The zero-order chi connectivity index (χ0) is 15.8. The second-order valence-corrected chi connectivity index (χ2v) is 5.06. The van der Waals surface area contributed by atoms with E-state index in [-0.39, 0.29) is 0 Å². The van der Waals surface area contributed by atoms with E-state index in [2.05, 4.69) is 16.7 Å². The molecule has 0 fully saturated rings.